The van der Waals surface area contributed by atoms with Crippen molar-refractivity contribution in [2.24, 2.45) is 0 Å². The summed E-state index contributed by atoms with van der Waals surface area (Å²) in [5.41, 5.74) is 1.03. The van der Waals surface area contributed by atoms with E-state index in [4.69, 9.17) is 9.84 Å². The smallest absolute Gasteiger partial charge is 0.334 e. The molecule has 8 heteroatoms. The normalized spacial score (nSPS) is 12.3. The molecule has 2 aromatic rings. The molecule has 1 unspecified atom stereocenters. The summed E-state index contributed by atoms with van der Waals surface area (Å²) in [4.78, 5) is 22.7. The largest absolute Gasteiger partial charge is 0.479 e. The lowest BCUT2D eigenvalue weighted by atomic mass is 10.2. The van der Waals surface area contributed by atoms with Crippen molar-refractivity contribution >= 4 is 17.5 Å². The highest BCUT2D eigenvalue weighted by Crippen LogP contribution is 2.06. The maximum atomic E-state index is 12.0. The second-order valence-electron chi connectivity index (χ2n) is 4.17. The van der Waals surface area contributed by atoms with Crippen LogP contribution in [0.2, 0.25) is 0 Å². The number of aryl methyl sites for hydroxylation is 1. The zero-order chi connectivity index (χ0) is 14.7. The van der Waals surface area contributed by atoms with Gasteiger partial charge in [0.15, 0.2) is 11.8 Å². The third-order valence-electron chi connectivity index (χ3n) is 2.84. The molecule has 20 heavy (non-hydrogen) atoms. The number of ether oxygens (including phenoxy) is 1. The van der Waals surface area contributed by atoms with Gasteiger partial charge in [0.05, 0.1) is 12.1 Å². The van der Waals surface area contributed by atoms with Gasteiger partial charge in [0, 0.05) is 13.3 Å². The first kappa shape index (κ1) is 13.9. The molecule has 106 valence electrons. The van der Waals surface area contributed by atoms with Crippen LogP contribution in [0, 0.1) is 6.92 Å². The molecule has 0 bridgehead atoms. The van der Waals surface area contributed by atoms with Crippen LogP contribution in [-0.4, -0.2) is 51.3 Å². The number of fused-ring (bicyclic) bond motifs is 1. The second kappa shape index (κ2) is 5.66. The summed E-state index contributed by atoms with van der Waals surface area (Å²) in [6.45, 7) is 1.66. The SMILES string of the molecule is COC(CNC(=O)c1ccc2nnc(C)n2c1)C(=O)O. The average molecular weight is 278 g/mol. The minimum Gasteiger partial charge on any atom is -0.479 e. The third-order valence-corrected chi connectivity index (χ3v) is 2.84. The fourth-order valence-corrected chi connectivity index (χ4v) is 1.70. The van der Waals surface area contributed by atoms with E-state index in [1.807, 2.05) is 0 Å². The van der Waals surface area contributed by atoms with Crippen LogP contribution in [-0.2, 0) is 9.53 Å². The standard InChI is InChI=1S/C12H14N4O4/c1-7-14-15-10-4-3-8(6-16(7)10)11(17)13-5-9(20-2)12(18)19/h3-4,6,9H,5H2,1-2H3,(H,13,17)(H,18,19). The van der Waals surface area contributed by atoms with Crippen LogP contribution in [0.4, 0.5) is 0 Å². The third kappa shape index (κ3) is 2.75. The van der Waals surface area contributed by atoms with E-state index in [2.05, 4.69) is 15.5 Å². The zero-order valence-corrected chi connectivity index (χ0v) is 11.0. The minimum atomic E-state index is -1.13. The number of nitrogens with zero attached hydrogens (tertiary/aromatic N) is 3. The van der Waals surface area contributed by atoms with Gasteiger partial charge in [0.25, 0.3) is 5.91 Å². The first-order valence-electron chi connectivity index (χ1n) is 5.88. The van der Waals surface area contributed by atoms with Crippen molar-refractivity contribution in [1.82, 2.24) is 19.9 Å². The lowest BCUT2D eigenvalue weighted by Crippen LogP contribution is -2.37. The summed E-state index contributed by atoms with van der Waals surface area (Å²) in [5.74, 6) is -0.851. The van der Waals surface area contributed by atoms with Crippen LogP contribution in [0.1, 0.15) is 16.2 Å². The molecule has 0 aliphatic rings. The monoisotopic (exact) mass is 278 g/mol. The molecule has 0 aromatic carbocycles. The second-order valence-corrected chi connectivity index (χ2v) is 4.17. The van der Waals surface area contributed by atoms with Crippen LogP contribution in [0.15, 0.2) is 18.3 Å². The van der Waals surface area contributed by atoms with Gasteiger partial charge in [-0.3, -0.25) is 9.20 Å². The fourth-order valence-electron chi connectivity index (χ4n) is 1.70. The molecule has 0 radical (unpaired) electrons. The van der Waals surface area contributed by atoms with Gasteiger partial charge in [-0.2, -0.15) is 0 Å². The highest BCUT2D eigenvalue weighted by molar-refractivity contribution is 5.94. The molecule has 0 saturated carbocycles. The summed E-state index contributed by atoms with van der Waals surface area (Å²) >= 11 is 0. The van der Waals surface area contributed by atoms with E-state index in [1.165, 1.54) is 7.11 Å². The van der Waals surface area contributed by atoms with Crippen molar-refractivity contribution in [3.05, 3.63) is 29.7 Å². The Hall–Kier alpha value is -2.48. The number of methoxy groups -OCH3 is 1. The van der Waals surface area contributed by atoms with Crippen LogP contribution in [0.25, 0.3) is 5.65 Å². The quantitative estimate of drug-likeness (QED) is 0.789. The number of hydrogen-bond donors (Lipinski definition) is 2. The topological polar surface area (TPSA) is 106 Å². The van der Waals surface area contributed by atoms with Gasteiger partial charge in [0.2, 0.25) is 0 Å². The van der Waals surface area contributed by atoms with Crippen LogP contribution < -0.4 is 5.32 Å². The number of hydrogen-bond acceptors (Lipinski definition) is 5. The number of amides is 1. The Morgan fingerprint density at radius 3 is 2.85 bits per heavy atom. The van der Waals surface area contributed by atoms with E-state index in [9.17, 15) is 9.59 Å². The van der Waals surface area contributed by atoms with Gasteiger partial charge in [-0.05, 0) is 19.1 Å². The lowest BCUT2D eigenvalue weighted by molar-refractivity contribution is -0.148. The van der Waals surface area contributed by atoms with Crippen LogP contribution in [0.3, 0.4) is 0 Å². The van der Waals surface area contributed by atoms with Crippen molar-refractivity contribution in [3.8, 4) is 0 Å². The molecular weight excluding hydrogens is 264 g/mol. The number of carboxylic acid groups (broad SMARTS) is 1. The van der Waals surface area contributed by atoms with E-state index >= 15 is 0 Å². The van der Waals surface area contributed by atoms with E-state index < -0.39 is 12.1 Å². The summed E-state index contributed by atoms with van der Waals surface area (Å²) in [5, 5.41) is 19.1. The molecule has 0 spiro atoms. The van der Waals surface area contributed by atoms with Crippen LogP contribution in [0.5, 0.6) is 0 Å². The number of carboxylic acids is 1. The van der Waals surface area contributed by atoms with Gasteiger partial charge in [-0.25, -0.2) is 4.79 Å². The van der Waals surface area contributed by atoms with E-state index in [-0.39, 0.29) is 12.5 Å². The maximum Gasteiger partial charge on any atom is 0.334 e. The first-order chi connectivity index (χ1) is 9.52. The zero-order valence-electron chi connectivity index (χ0n) is 11.0. The van der Waals surface area contributed by atoms with Crippen molar-refractivity contribution in [3.63, 3.8) is 0 Å². The number of nitrogens with one attached hydrogen (secondary N) is 1. The molecule has 2 N–H and O–H groups in total. The van der Waals surface area contributed by atoms with Crippen molar-refractivity contribution in [2.45, 2.75) is 13.0 Å². The number of pyridine rings is 1. The average Bonchev–Trinajstić information content (AvgIpc) is 2.80. The Bertz CT molecular complexity index is 652. The predicted molar refractivity (Wildman–Crippen MR) is 68.5 cm³/mol. The number of rotatable bonds is 5. The van der Waals surface area contributed by atoms with E-state index in [0.29, 0.717) is 17.0 Å². The highest BCUT2D eigenvalue weighted by Gasteiger charge is 2.18. The van der Waals surface area contributed by atoms with Gasteiger partial charge in [0.1, 0.15) is 5.82 Å². The lowest BCUT2D eigenvalue weighted by Gasteiger charge is -2.11. The number of carbonyl (C=O) groups is 2. The first-order valence-corrected chi connectivity index (χ1v) is 5.88. The van der Waals surface area contributed by atoms with E-state index in [0.717, 1.165) is 0 Å². The van der Waals surface area contributed by atoms with Gasteiger partial charge >= 0.3 is 5.97 Å². The van der Waals surface area contributed by atoms with Gasteiger partial charge in [-0.1, -0.05) is 0 Å². The molecule has 1 amide bonds. The Balaban J connectivity index is 2.11. The number of aliphatic carboxylic acids is 1. The molecule has 1 atom stereocenters. The Morgan fingerprint density at radius 1 is 1.45 bits per heavy atom. The Kier molecular flexibility index (Phi) is 3.94. The molecule has 2 heterocycles. The molecular formula is C12H14N4O4. The van der Waals surface area contributed by atoms with Crippen molar-refractivity contribution < 1.29 is 19.4 Å². The Labute approximate surface area is 114 Å². The predicted octanol–water partition coefficient (Wildman–Crippen LogP) is -0.133. The maximum absolute atomic E-state index is 12.0. The van der Waals surface area contributed by atoms with Crippen LogP contribution >= 0.6 is 0 Å². The Morgan fingerprint density at radius 2 is 2.20 bits per heavy atom. The van der Waals surface area contributed by atoms with Gasteiger partial charge in [-0.15, -0.1) is 10.2 Å². The fraction of sp³-hybridized carbons (Fsp3) is 0.333. The molecule has 0 aliphatic carbocycles. The molecule has 0 aliphatic heterocycles. The molecule has 0 fully saturated rings. The summed E-state index contributed by atoms with van der Waals surface area (Å²) < 4.78 is 6.42. The summed E-state index contributed by atoms with van der Waals surface area (Å²) in [6.07, 6.45) is 0.530. The molecule has 2 aromatic heterocycles. The van der Waals surface area contributed by atoms with Crippen molar-refractivity contribution in [1.29, 1.82) is 0 Å². The molecule has 8 nitrogen and oxygen atoms in total. The van der Waals surface area contributed by atoms with E-state index in [1.54, 1.807) is 29.7 Å². The van der Waals surface area contributed by atoms with Crippen molar-refractivity contribution in [2.75, 3.05) is 13.7 Å². The summed E-state index contributed by atoms with van der Waals surface area (Å²) in [6, 6.07) is 3.27. The summed E-state index contributed by atoms with van der Waals surface area (Å²) in [7, 11) is 1.28. The molecule has 2 rings (SSSR count). The van der Waals surface area contributed by atoms with Gasteiger partial charge < -0.3 is 15.2 Å². The molecule has 0 saturated heterocycles. The number of aromatic nitrogens is 3. The highest BCUT2D eigenvalue weighted by atomic mass is 16.5. The number of carbonyl (C=O) groups excluding carboxylic acids is 1. The minimum absolute atomic E-state index is 0.107.